The van der Waals surface area contributed by atoms with Crippen LogP contribution in [0.5, 0.6) is 0 Å². The molecule has 2 N–H and O–H groups in total. The fourth-order valence-electron chi connectivity index (χ4n) is 3.31. The number of hydrogen-bond acceptors (Lipinski definition) is 6. The van der Waals surface area contributed by atoms with Gasteiger partial charge in [0.25, 0.3) is 21.6 Å². The second-order valence-electron chi connectivity index (χ2n) is 7.92. The lowest BCUT2D eigenvalue weighted by Gasteiger charge is -2.13. The van der Waals surface area contributed by atoms with E-state index in [0.29, 0.717) is 30.7 Å². The zero-order chi connectivity index (χ0) is 25.4. The van der Waals surface area contributed by atoms with Crippen molar-refractivity contribution in [2.45, 2.75) is 31.3 Å². The molecule has 0 aromatic heterocycles. The van der Waals surface area contributed by atoms with Crippen LogP contribution in [0.2, 0.25) is 0 Å². The van der Waals surface area contributed by atoms with Crippen LogP contribution in [-0.4, -0.2) is 32.4 Å². The first-order valence-electron chi connectivity index (χ1n) is 11.0. The molecule has 3 aromatic carbocycles. The molecule has 0 heterocycles. The van der Waals surface area contributed by atoms with Crippen LogP contribution in [0, 0.1) is 17.0 Å². The Balaban J connectivity index is 1.50. The summed E-state index contributed by atoms with van der Waals surface area (Å²) in [6.45, 7) is 4.43. The standard InChI is InChI=1S/C25H27N3O6S/c1-18-9-14-23(17-24(18)28(30)31)35(32,33)27-22-12-10-21(11-13-22)25(29)26-15-6-16-34-19(2)20-7-4-3-5-8-20/h3-5,7-14,17,19,27H,6,15-16H2,1-2H3,(H,26,29). The number of carbonyl (C=O) groups excluding carboxylic acids is 1. The Morgan fingerprint density at radius 3 is 2.40 bits per heavy atom. The Morgan fingerprint density at radius 2 is 1.74 bits per heavy atom. The molecule has 3 aromatic rings. The van der Waals surface area contributed by atoms with E-state index in [1.807, 2.05) is 37.3 Å². The number of sulfonamides is 1. The highest BCUT2D eigenvalue weighted by molar-refractivity contribution is 7.92. The number of nitrogens with zero attached hydrogens (tertiary/aromatic N) is 1. The summed E-state index contributed by atoms with van der Waals surface area (Å²) >= 11 is 0. The SMILES string of the molecule is Cc1ccc(S(=O)(=O)Nc2ccc(C(=O)NCCCOC(C)c3ccccc3)cc2)cc1[N+](=O)[O-]. The van der Waals surface area contributed by atoms with Gasteiger partial charge in [-0.15, -0.1) is 0 Å². The van der Waals surface area contributed by atoms with E-state index in [9.17, 15) is 23.3 Å². The summed E-state index contributed by atoms with van der Waals surface area (Å²) in [6, 6.07) is 19.5. The number of anilines is 1. The lowest BCUT2D eigenvalue weighted by atomic mass is 10.1. The Hall–Kier alpha value is -3.76. The normalized spacial score (nSPS) is 12.1. The number of rotatable bonds is 11. The molecule has 1 atom stereocenters. The molecule has 10 heteroatoms. The van der Waals surface area contributed by atoms with E-state index in [0.717, 1.165) is 11.6 Å². The van der Waals surface area contributed by atoms with Crippen molar-refractivity contribution in [2.24, 2.45) is 0 Å². The minimum atomic E-state index is -4.04. The summed E-state index contributed by atoms with van der Waals surface area (Å²) in [5, 5.41) is 13.9. The van der Waals surface area contributed by atoms with Crippen LogP contribution >= 0.6 is 0 Å². The predicted octanol–water partition coefficient (Wildman–Crippen LogP) is 4.60. The van der Waals surface area contributed by atoms with Crippen LogP contribution in [0.15, 0.2) is 77.7 Å². The molecular formula is C25H27N3O6S. The Labute approximate surface area is 204 Å². The second-order valence-corrected chi connectivity index (χ2v) is 9.60. The lowest BCUT2D eigenvalue weighted by Crippen LogP contribution is -2.25. The molecule has 0 saturated heterocycles. The van der Waals surface area contributed by atoms with E-state index >= 15 is 0 Å². The van der Waals surface area contributed by atoms with E-state index in [2.05, 4.69) is 10.0 Å². The third-order valence-electron chi connectivity index (χ3n) is 5.33. The molecule has 0 saturated carbocycles. The van der Waals surface area contributed by atoms with Crippen LogP contribution in [0.25, 0.3) is 0 Å². The summed E-state index contributed by atoms with van der Waals surface area (Å²) in [7, 11) is -4.04. The molecule has 184 valence electrons. The van der Waals surface area contributed by atoms with Crippen molar-refractivity contribution in [3.8, 4) is 0 Å². The van der Waals surface area contributed by atoms with Crippen LogP contribution < -0.4 is 10.0 Å². The highest BCUT2D eigenvalue weighted by Crippen LogP contribution is 2.24. The monoisotopic (exact) mass is 497 g/mol. The molecular weight excluding hydrogens is 470 g/mol. The van der Waals surface area contributed by atoms with Crippen LogP contribution in [0.3, 0.4) is 0 Å². The Kier molecular flexibility index (Phi) is 8.56. The van der Waals surface area contributed by atoms with Crippen molar-refractivity contribution in [3.63, 3.8) is 0 Å². The third kappa shape index (κ3) is 7.11. The quantitative estimate of drug-likeness (QED) is 0.226. The van der Waals surface area contributed by atoms with Crippen LogP contribution in [-0.2, 0) is 14.8 Å². The molecule has 0 spiro atoms. The number of amides is 1. The van der Waals surface area contributed by atoms with Gasteiger partial charge in [-0.2, -0.15) is 0 Å². The van der Waals surface area contributed by atoms with Gasteiger partial charge in [-0.3, -0.25) is 19.6 Å². The molecule has 0 aliphatic heterocycles. The highest BCUT2D eigenvalue weighted by Gasteiger charge is 2.20. The summed E-state index contributed by atoms with van der Waals surface area (Å²) in [5.41, 5.74) is 1.78. The topological polar surface area (TPSA) is 128 Å². The maximum atomic E-state index is 12.6. The van der Waals surface area contributed by atoms with Crippen molar-refractivity contribution >= 4 is 27.3 Å². The fourth-order valence-corrected chi connectivity index (χ4v) is 4.39. The lowest BCUT2D eigenvalue weighted by molar-refractivity contribution is -0.385. The van der Waals surface area contributed by atoms with Crippen molar-refractivity contribution in [1.82, 2.24) is 5.32 Å². The van der Waals surface area contributed by atoms with Gasteiger partial charge in [-0.25, -0.2) is 8.42 Å². The van der Waals surface area contributed by atoms with Gasteiger partial charge in [0.15, 0.2) is 0 Å². The van der Waals surface area contributed by atoms with Gasteiger partial charge in [-0.1, -0.05) is 36.4 Å². The summed E-state index contributed by atoms with van der Waals surface area (Å²) < 4.78 is 33.4. The predicted molar refractivity (Wildman–Crippen MR) is 133 cm³/mol. The smallest absolute Gasteiger partial charge is 0.273 e. The van der Waals surface area contributed by atoms with E-state index in [4.69, 9.17) is 4.74 Å². The molecule has 0 radical (unpaired) electrons. The fraction of sp³-hybridized carbons (Fsp3) is 0.240. The maximum absolute atomic E-state index is 12.6. The maximum Gasteiger partial charge on any atom is 0.273 e. The second kappa shape index (κ2) is 11.6. The van der Waals surface area contributed by atoms with Gasteiger partial charge in [0.1, 0.15) is 0 Å². The first kappa shape index (κ1) is 25.9. The average Bonchev–Trinajstić information content (AvgIpc) is 2.84. The molecule has 0 fully saturated rings. The van der Waals surface area contributed by atoms with Crippen molar-refractivity contribution in [1.29, 1.82) is 0 Å². The van der Waals surface area contributed by atoms with Crippen LogP contribution in [0.4, 0.5) is 11.4 Å². The van der Waals surface area contributed by atoms with Crippen molar-refractivity contribution in [2.75, 3.05) is 17.9 Å². The minimum Gasteiger partial charge on any atom is -0.374 e. The highest BCUT2D eigenvalue weighted by atomic mass is 32.2. The van der Waals surface area contributed by atoms with Crippen molar-refractivity contribution in [3.05, 3.63) is 99.6 Å². The van der Waals surface area contributed by atoms with E-state index in [-0.39, 0.29) is 28.3 Å². The number of nitrogens with one attached hydrogen (secondary N) is 2. The van der Waals surface area contributed by atoms with Gasteiger partial charge >= 0.3 is 0 Å². The molecule has 0 aliphatic carbocycles. The summed E-state index contributed by atoms with van der Waals surface area (Å²) in [5.74, 6) is -0.287. The first-order valence-corrected chi connectivity index (χ1v) is 12.5. The molecule has 1 unspecified atom stereocenters. The van der Waals surface area contributed by atoms with E-state index in [1.165, 1.54) is 43.3 Å². The van der Waals surface area contributed by atoms with Gasteiger partial charge in [-0.05, 0) is 56.2 Å². The van der Waals surface area contributed by atoms with Gasteiger partial charge < -0.3 is 10.1 Å². The number of hydrogen-bond donors (Lipinski definition) is 2. The van der Waals surface area contributed by atoms with Crippen LogP contribution in [0.1, 0.15) is 40.9 Å². The van der Waals surface area contributed by atoms with E-state index in [1.54, 1.807) is 0 Å². The molecule has 0 aliphatic rings. The number of benzene rings is 3. The van der Waals surface area contributed by atoms with Crippen molar-refractivity contribution < 1.29 is 22.9 Å². The zero-order valence-corrected chi connectivity index (χ0v) is 20.2. The number of aryl methyl sites for hydroxylation is 1. The number of nitro groups is 1. The third-order valence-corrected chi connectivity index (χ3v) is 6.71. The molecule has 9 nitrogen and oxygen atoms in total. The minimum absolute atomic E-state index is 0.0331. The van der Waals surface area contributed by atoms with E-state index < -0.39 is 14.9 Å². The summed E-state index contributed by atoms with van der Waals surface area (Å²) in [4.78, 5) is 22.6. The van der Waals surface area contributed by atoms with Gasteiger partial charge in [0, 0.05) is 36.0 Å². The molecule has 35 heavy (non-hydrogen) atoms. The summed E-state index contributed by atoms with van der Waals surface area (Å²) in [6.07, 6.45) is 0.609. The number of ether oxygens (including phenoxy) is 1. The van der Waals surface area contributed by atoms with Gasteiger partial charge in [0.2, 0.25) is 0 Å². The Morgan fingerprint density at radius 1 is 1.06 bits per heavy atom. The molecule has 1 amide bonds. The average molecular weight is 498 g/mol. The zero-order valence-electron chi connectivity index (χ0n) is 19.4. The molecule has 3 rings (SSSR count). The number of nitro benzene ring substituents is 1. The largest absolute Gasteiger partial charge is 0.374 e. The number of carbonyl (C=O) groups is 1. The van der Waals surface area contributed by atoms with Gasteiger partial charge in [0.05, 0.1) is 15.9 Å². The molecule has 0 bridgehead atoms. The first-order chi connectivity index (χ1) is 16.7. The Bertz CT molecular complexity index is 1280.